The van der Waals surface area contributed by atoms with Gasteiger partial charge in [0.15, 0.2) is 0 Å². The maximum Gasteiger partial charge on any atom is 0.122 e. The molecule has 0 saturated heterocycles. The molecule has 1 aromatic heterocycles. The summed E-state index contributed by atoms with van der Waals surface area (Å²) in [5, 5.41) is 3.60. The fraction of sp³-hybridized carbons (Fsp3) is 0.412. The Hall–Kier alpha value is -1.23. The molecular weight excluding hydrogens is 280 g/mol. The van der Waals surface area contributed by atoms with E-state index in [2.05, 4.69) is 61.8 Å². The molecule has 1 heterocycles. The van der Waals surface area contributed by atoms with E-state index in [1.54, 1.807) is 18.0 Å². The van der Waals surface area contributed by atoms with E-state index in [0.29, 0.717) is 6.04 Å². The van der Waals surface area contributed by atoms with Gasteiger partial charge in [0.25, 0.3) is 0 Å². The maximum absolute atomic E-state index is 5.54. The zero-order valence-electron chi connectivity index (χ0n) is 13.2. The Morgan fingerprint density at radius 3 is 2.43 bits per heavy atom. The number of thioether (sulfide) groups is 1. The van der Waals surface area contributed by atoms with E-state index in [9.17, 15) is 0 Å². The molecule has 2 aromatic rings. The summed E-state index contributed by atoms with van der Waals surface area (Å²) >= 11 is 1.77. The highest BCUT2D eigenvalue weighted by Gasteiger charge is 2.17. The van der Waals surface area contributed by atoms with Gasteiger partial charge < -0.3 is 9.73 Å². The smallest absolute Gasteiger partial charge is 0.122 e. The summed E-state index contributed by atoms with van der Waals surface area (Å²) in [7, 11) is 4.15. The predicted octanol–water partition coefficient (Wildman–Crippen LogP) is 3.96. The van der Waals surface area contributed by atoms with E-state index in [1.807, 2.05) is 12.1 Å². The predicted molar refractivity (Wildman–Crippen MR) is 89.8 cm³/mol. The Kier molecular flexibility index (Phi) is 5.91. The second-order valence-corrected chi connectivity index (χ2v) is 6.28. The molecule has 1 N–H and O–H groups in total. The van der Waals surface area contributed by atoms with Crippen molar-refractivity contribution in [2.24, 2.45) is 0 Å². The van der Waals surface area contributed by atoms with Crippen molar-refractivity contribution < 1.29 is 4.42 Å². The van der Waals surface area contributed by atoms with Gasteiger partial charge >= 0.3 is 0 Å². The molecule has 0 radical (unpaired) electrons. The molecular formula is C17H24N2OS. The van der Waals surface area contributed by atoms with Crippen LogP contribution in [0.4, 0.5) is 0 Å². The zero-order valence-corrected chi connectivity index (χ0v) is 14.0. The van der Waals surface area contributed by atoms with Crippen molar-refractivity contribution in [3.63, 3.8) is 0 Å². The van der Waals surface area contributed by atoms with Crippen molar-refractivity contribution in [1.82, 2.24) is 10.2 Å². The molecule has 21 heavy (non-hydrogen) atoms. The largest absolute Gasteiger partial charge is 0.468 e. The van der Waals surface area contributed by atoms with Crippen molar-refractivity contribution in [2.45, 2.75) is 23.9 Å². The number of likely N-dealkylation sites (N-methyl/N-ethyl adjacent to an activating group) is 1. The number of nitrogens with zero attached hydrogens (tertiary/aromatic N) is 1. The normalized spacial score (nSPS) is 14.3. The Morgan fingerprint density at radius 2 is 1.90 bits per heavy atom. The fourth-order valence-electron chi connectivity index (χ4n) is 2.32. The molecule has 114 valence electrons. The highest BCUT2D eigenvalue weighted by Crippen LogP contribution is 2.21. The molecule has 0 amide bonds. The second-order valence-electron chi connectivity index (χ2n) is 5.40. The van der Waals surface area contributed by atoms with E-state index >= 15 is 0 Å². The van der Waals surface area contributed by atoms with Gasteiger partial charge in [0, 0.05) is 17.5 Å². The Morgan fingerprint density at radius 1 is 1.19 bits per heavy atom. The van der Waals surface area contributed by atoms with Crippen LogP contribution in [0.3, 0.4) is 0 Å². The Bertz CT molecular complexity index is 522. The van der Waals surface area contributed by atoms with Crippen molar-refractivity contribution in [3.05, 3.63) is 54.0 Å². The number of furan rings is 1. The number of hydrogen-bond donors (Lipinski definition) is 1. The monoisotopic (exact) mass is 304 g/mol. The van der Waals surface area contributed by atoms with Crippen molar-refractivity contribution in [2.75, 3.05) is 26.9 Å². The van der Waals surface area contributed by atoms with Gasteiger partial charge in [-0.15, -0.1) is 11.8 Å². The molecule has 0 saturated carbocycles. The summed E-state index contributed by atoms with van der Waals surface area (Å²) in [5.41, 5.74) is 1.31. The van der Waals surface area contributed by atoms with Crippen LogP contribution in [0.2, 0.25) is 0 Å². The second kappa shape index (κ2) is 7.69. The van der Waals surface area contributed by atoms with Crippen molar-refractivity contribution in [1.29, 1.82) is 0 Å². The molecule has 2 atom stereocenters. The van der Waals surface area contributed by atoms with Crippen molar-refractivity contribution in [3.8, 4) is 0 Å². The zero-order chi connectivity index (χ0) is 15.2. The van der Waals surface area contributed by atoms with Gasteiger partial charge in [0.05, 0.1) is 12.3 Å². The molecule has 0 spiro atoms. The van der Waals surface area contributed by atoms with Gasteiger partial charge in [-0.25, -0.2) is 0 Å². The topological polar surface area (TPSA) is 28.4 Å². The quantitative estimate of drug-likeness (QED) is 0.784. The standard InChI is InChI=1S/C17H24N2OS/c1-13(14-7-9-15(21-4)10-8-14)18-12-16(19(2)3)17-6-5-11-20-17/h5-11,13,16,18H,12H2,1-4H3. The number of rotatable bonds is 7. The highest BCUT2D eigenvalue weighted by molar-refractivity contribution is 7.98. The Balaban J connectivity index is 1.96. The summed E-state index contributed by atoms with van der Waals surface area (Å²) in [4.78, 5) is 3.47. The third kappa shape index (κ3) is 4.37. The van der Waals surface area contributed by atoms with Gasteiger partial charge in [0.2, 0.25) is 0 Å². The van der Waals surface area contributed by atoms with Crippen LogP contribution in [0.1, 0.15) is 30.3 Å². The number of hydrogen-bond acceptors (Lipinski definition) is 4. The molecule has 0 bridgehead atoms. The van der Waals surface area contributed by atoms with Gasteiger partial charge in [-0.2, -0.15) is 0 Å². The van der Waals surface area contributed by atoms with Crippen LogP contribution < -0.4 is 5.32 Å². The first-order valence-electron chi connectivity index (χ1n) is 7.19. The fourth-order valence-corrected chi connectivity index (χ4v) is 2.73. The van der Waals surface area contributed by atoms with E-state index in [0.717, 1.165) is 12.3 Å². The third-order valence-electron chi connectivity index (χ3n) is 3.73. The molecule has 0 aliphatic rings. The molecule has 3 nitrogen and oxygen atoms in total. The molecule has 2 rings (SSSR count). The first-order chi connectivity index (χ1) is 10.1. The van der Waals surface area contributed by atoms with E-state index in [1.165, 1.54) is 10.5 Å². The average molecular weight is 304 g/mol. The molecule has 0 fully saturated rings. The summed E-state index contributed by atoms with van der Waals surface area (Å²) in [6.07, 6.45) is 3.83. The van der Waals surface area contributed by atoms with Gasteiger partial charge in [-0.1, -0.05) is 12.1 Å². The van der Waals surface area contributed by atoms with E-state index in [-0.39, 0.29) is 6.04 Å². The lowest BCUT2D eigenvalue weighted by Gasteiger charge is -2.25. The third-order valence-corrected chi connectivity index (χ3v) is 4.47. The summed E-state index contributed by atoms with van der Waals surface area (Å²) < 4.78 is 5.54. The minimum Gasteiger partial charge on any atom is -0.468 e. The molecule has 0 aliphatic carbocycles. The van der Waals surface area contributed by atoms with Gasteiger partial charge in [-0.3, -0.25) is 4.90 Å². The lowest BCUT2D eigenvalue weighted by atomic mass is 10.1. The van der Waals surface area contributed by atoms with Crippen LogP contribution in [0, 0.1) is 0 Å². The molecule has 1 aromatic carbocycles. The van der Waals surface area contributed by atoms with Crippen LogP contribution in [-0.2, 0) is 0 Å². The first-order valence-corrected chi connectivity index (χ1v) is 8.41. The Labute approximate surface area is 131 Å². The average Bonchev–Trinajstić information content (AvgIpc) is 3.01. The highest BCUT2D eigenvalue weighted by atomic mass is 32.2. The van der Waals surface area contributed by atoms with Crippen LogP contribution in [0.25, 0.3) is 0 Å². The SMILES string of the molecule is CSc1ccc(C(C)NCC(c2ccco2)N(C)C)cc1. The van der Waals surface area contributed by atoms with Gasteiger partial charge in [-0.05, 0) is 57.1 Å². The van der Waals surface area contributed by atoms with Crippen LogP contribution in [0.15, 0.2) is 52.0 Å². The number of benzene rings is 1. The van der Waals surface area contributed by atoms with E-state index in [4.69, 9.17) is 4.42 Å². The minimum absolute atomic E-state index is 0.243. The van der Waals surface area contributed by atoms with Crippen LogP contribution in [0.5, 0.6) is 0 Å². The van der Waals surface area contributed by atoms with Crippen molar-refractivity contribution >= 4 is 11.8 Å². The summed E-state index contributed by atoms with van der Waals surface area (Å²) in [6, 6.07) is 13.3. The molecule has 2 unspecified atom stereocenters. The number of nitrogens with one attached hydrogen (secondary N) is 1. The van der Waals surface area contributed by atoms with Crippen LogP contribution in [-0.4, -0.2) is 31.8 Å². The summed E-state index contributed by atoms with van der Waals surface area (Å²) in [5.74, 6) is 0.998. The van der Waals surface area contributed by atoms with Gasteiger partial charge in [0.1, 0.15) is 5.76 Å². The summed E-state index contributed by atoms with van der Waals surface area (Å²) in [6.45, 7) is 3.05. The van der Waals surface area contributed by atoms with E-state index < -0.39 is 0 Å². The lowest BCUT2D eigenvalue weighted by Crippen LogP contribution is -2.32. The lowest BCUT2D eigenvalue weighted by molar-refractivity contribution is 0.245. The molecule has 0 aliphatic heterocycles. The maximum atomic E-state index is 5.54. The van der Waals surface area contributed by atoms with Crippen LogP contribution >= 0.6 is 11.8 Å². The minimum atomic E-state index is 0.243. The molecule has 4 heteroatoms. The first kappa shape index (κ1) is 16.1.